The van der Waals surface area contributed by atoms with Crippen LogP contribution in [-0.4, -0.2) is 11.3 Å². The first kappa shape index (κ1) is 13.1. The zero-order valence-electron chi connectivity index (χ0n) is 9.41. The minimum absolute atomic E-state index is 0.0102. The van der Waals surface area contributed by atoms with Crippen LogP contribution in [0.4, 0.5) is 23.4 Å². The minimum Gasteiger partial charge on any atom is -0.406 e. The molecule has 0 aliphatic carbocycles. The van der Waals surface area contributed by atoms with Gasteiger partial charge in [-0.25, -0.2) is 9.37 Å². The molecule has 0 atom stereocenters. The fourth-order valence-corrected chi connectivity index (χ4v) is 1.52. The first-order valence-electron chi connectivity index (χ1n) is 5.12. The van der Waals surface area contributed by atoms with E-state index in [1.54, 1.807) is 0 Å². The van der Waals surface area contributed by atoms with Gasteiger partial charge >= 0.3 is 6.36 Å². The highest BCUT2D eigenvalue weighted by molar-refractivity contribution is 5.65. The van der Waals surface area contributed by atoms with Gasteiger partial charge in [-0.1, -0.05) is 12.1 Å². The van der Waals surface area contributed by atoms with Gasteiger partial charge in [0.1, 0.15) is 17.4 Å². The Morgan fingerprint density at radius 3 is 2.53 bits per heavy atom. The molecule has 7 heteroatoms. The standard InChI is InChI=1S/C12H8F4N2O/c13-10-5-11(17)18-6-9(10)7-2-1-3-8(4-7)19-12(14,15)16/h1-6H,(H2,17,18). The SMILES string of the molecule is Nc1cc(F)c(-c2cccc(OC(F)(F)F)c2)cn1. The van der Waals surface area contributed by atoms with E-state index >= 15 is 0 Å². The van der Waals surface area contributed by atoms with Crippen LogP contribution in [0, 0.1) is 5.82 Å². The minimum atomic E-state index is -4.80. The van der Waals surface area contributed by atoms with Gasteiger partial charge in [-0.2, -0.15) is 0 Å². The van der Waals surface area contributed by atoms with Crippen LogP contribution >= 0.6 is 0 Å². The molecule has 0 saturated heterocycles. The van der Waals surface area contributed by atoms with Crippen LogP contribution in [0.1, 0.15) is 0 Å². The number of hydrogen-bond donors (Lipinski definition) is 1. The monoisotopic (exact) mass is 272 g/mol. The molecule has 0 aliphatic rings. The maximum atomic E-state index is 13.6. The normalized spacial score (nSPS) is 11.4. The summed E-state index contributed by atoms with van der Waals surface area (Å²) in [5, 5.41) is 0. The summed E-state index contributed by atoms with van der Waals surface area (Å²) >= 11 is 0. The number of nitrogens with zero attached hydrogens (tertiary/aromatic N) is 1. The van der Waals surface area contributed by atoms with Crippen molar-refractivity contribution in [2.45, 2.75) is 6.36 Å². The summed E-state index contributed by atoms with van der Waals surface area (Å²) < 4.78 is 53.6. The predicted octanol–water partition coefficient (Wildman–Crippen LogP) is 3.37. The van der Waals surface area contributed by atoms with Crippen molar-refractivity contribution in [1.82, 2.24) is 4.98 Å². The third-order valence-corrected chi connectivity index (χ3v) is 2.25. The third kappa shape index (κ3) is 3.34. The first-order valence-corrected chi connectivity index (χ1v) is 5.12. The van der Waals surface area contributed by atoms with E-state index in [2.05, 4.69) is 9.72 Å². The Bertz CT molecular complexity index is 599. The molecule has 1 aromatic carbocycles. The van der Waals surface area contributed by atoms with E-state index in [1.165, 1.54) is 12.1 Å². The molecular formula is C12H8F4N2O. The summed E-state index contributed by atoms with van der Waals surface area (Å²) in [6.07, 6.45) is -3.64. The van der Waals surface area contributed by atoms with Crippen LogP contribution in [0.2, 0.25) is 0 Å². The van der Waals surface area contributed by atoms with Crippen molar-refractivity contribution in [2.75, 3.05) is 5.73 Å². The Morgan fingerprint density at radius 1 is 1.16 bits per heavy atom. The highest BCUT2D eigenvalue weighted by Crippen LogP contribution is 2.29. The number of rotatable bonds is 2. The van der Waals surface area contributed by atoms with Crippen LogP contribution in [0.3, 0.4) is 0 Å². The third-order valence-electron chi connectivity index (χ3n) is 2.25. The van der Waals surface area contributed by atoms with E-state index in [9.17, 15) is 17.6 Å². The Kier molecular flexibility index (Phi) is 3.28. The summed E-state index contributed by atoms with van der Waals surface area (Å²) in [4.78, 5) is 3.70. The van der Waals surface area contributed by atoms with Crippen molar-refractivity contribution in [3.63, 3.8) is 0 Å². The van der Waals surface area contributed by atoms with Gasteiger partial charge in [0.25, 0.3) is 0 Å². The molecule has 0 fully saturated rings. The number of ether oxygens (including phenoxy) is 1. The Balaban J connectivity index is 2.38. The fraction of sp³-hybridized carbons (Fsp3) is 0.0833. The molecule has 3 nitrogen and oxygen atoms in total. The smallest absolute Gasteiger partial charge is 0.406 e. The van der Waals surface area contributed by atoms with Gasteiger partial charge in [-0.3, -0.25) is 0 Å². The van der Waals surface area contributed by atoms with Crippen molar-refractivity contribution in [3.8, 4) is 16.9 Å². The summed E-state index contributed by atoms with van der Waals surface area (Å²) in [5.74, 6) is -1.11. The molecule has 0 radical (unpaired) electrons. The van der Waals surface area contributed by atoms with E-state index in [0.29, 0.717) is 0 Å². The summed E-state index contributed by atoms with van der Waals surface area (Å²) in [6, 6.07) is 5.96. The van der Waals surface area contributed by atoms with Crippen molar-refractivity contribution >= 4 is 5.82 Å². The zero-order chi connectivity index (χ0) is 14.0. The molecule has 0 bridgehead atoms. The van der Waals surface area contributed by atoms with Crippen molar-refractivity contribution < 1.29 is 22.3 Å². The summed E-state index contributed by atoms with van der Waals surface area (Å²) in [6.45, 7) is 0. The molecule has 2 N–H and O–H groups in total. The summed E-state index contributed by atoms with van der Waals surface area (Å²) in [5.41, 5.74) is 5.55. The number of halogens is 4. The number of aromatic nitrogens is 1. The van der Waals surface area contributed by atoms with Crippen molar-refractivity contribution in [1.29, 1.82) is 0 Å². The highest BCUT2D eigenvalue weighted by Gasteiger charge is 2.31. The number of alkyl halides is 3. The number of nitrogen functional groups attached to an aromatic ring is 1. The second kappa shape index (κ2) is 4.75. The molecule has 1 aromatic heterocycles. The second-order valence-corrected chi connectivity index (χ2v) is 3.66. The molecule has 0 unspecified atom stereocenters. The number of pyridine rings is 1. The van der Waals surface area contributed by atoms with Gasteiger partial charge in [-0.15, -0.1) is 13.2 Å². The van der Waals surface area contributed by atoms with E-state index < -0.39 is 17.9 Å². The van der Waals surface area contributed by atoms with Crippen molar-refractivity contribution in [2.24, 2.45) is 0 Å². The quantitative estimate of drug-likeness (QED) is 0.853. The van der Waals surface area contributed by atoms with Crippen molar-refractivity contribution in [3.05, 3.63) is 42.3 Å². The molecule has 1 heterocycles. The van der Waals surface area contributed by atoms with Crippen LogP contribution in [0.25, 0.3) is 11.1 Å². The zero-order valence-corrected chi connectivity index (χ0v) is 9.41. The number of hydrogen-bond acceptors (Lipinski definition) is 3. The average molecular weight is 272 g/mol. The lowest BCUT2D eigenvalue weighted by atomic mass is 10.1. The van der Waals surface area contributed by atoms with E-state index in [4.69, 9.17) is 5.73 Å². The van der Waals surface area contributed by atoms with Gasteiger partial charge in [-0.05, 0) is 17.7 Å². The predicted molar refractivity (Wildman–Crippen MR) is 60.7 cm³/mol. The highest BCUT2D eigenvalue weighted by atomic mass is 19.4. The Hall–Kier alpha value is -2.31. The van der Waals surface area contributed by atoms with Gasteiger partial charge in [0.15, 0.2) is 0 Å². The molecule has 0 aliphatic heterocycles. The molecule has 100 valence electrons. The van der Waals surface area contributed by atoms with E-state index in [-0.39, 0.29) is 16.9 Å². The topological polar surface area (TPSA) is 48.1 Å². The first-order chi connectivity index (χ1) is 8.85. The number of nitrogens with two attached hydrogens (primary N) is 1. The van der Waals surface area contributed by atoms with Gasteiger partial charge in [0, 0.05) is 17.8 Å². The van der Waals surface area contributed by atoms with Crippen LogP contribution in [-0.2, 0) is 0 Å². The maximum Gasteiger partial charge on any atom is 0.573 e. The molecule has 19 heavy (non-hydrogen) atoms. The Morgan fingerprint density at radius 2 is 1.89 bits per heavy atom. The second-order valence-electron chi connectivity index (χ2n) is 3.66. The van der Waals surface area contributed by atoms with Gasteiger partial charge in [0.2, 0.25) is 0 Å². The van der Waals surface area contributed by atoms with E-state index in [0.717, 1.165) is 24.4 Å². The van der Waals surface area contributed by atoms with Crippen LogP contribution in [0.5, 0.6) is 5.75 Å². The lowest BCUT2D eigenvalue weighted by molar-refractivity contribution is -0.274. The molecule has 2 aromatic rings. The van der Waals surface area contributed by atoms with Gasteiger partial charge < -0.3 is 10.5 Å². The lowest BCUT2D eigenvalue weighted by Gasteiger charge is -2.10. The lowest BCUT2D eigenvalue weighted by Crippen LogP contribution is -2.17. The molecule has 0 spiro atoms. The fourth-order valence-electron chi connectivity index (χ4n) is 1.52. The molecule has 2 rings (SSSR count). The maximum absolute atomic E-state index is 13.6. The Labute approximate surface area is 105 Å². The van der Waals surface area contributed by atoms with Crippen LogP contribution in [0.15, 0.2) is 36.5 Å². The number of benzene rings is 1. The summed E-state index contributed by atoms with van der Waals surface area (Å²) in [7, 11) is 0. The van der Waals surface area contributed by atoms with Gasteiger partial charge in [0.05, 0.1) is 0 Å². The molecule has 0 saturated carbocycles. The molecule has 0 amide bonds. The average Bonchev–Trinajstić information content (AvgIpc) is 2.26. The van der Waals surface area contributed by atoms with Crippen LogP contribution < -0.4 is 10.5 Å². The molecular weight excluding hydrogens is 264 g/mol. The largest absolute Gasteiger partial charge is 0.573 e. The number of anilines is 1. The van der Waals surface area contributed by atoms with E-state index in [1.807, 2.05) is 0 Å².